The molecule has 0 bridgehead atoms. The van der Waals surface area contributed by atoms with Crippen LogP contribution in [0.2, 0.25) is 0 Å². The molecule has 564 valence electrons. The van der Waals surface area contributed by atoms with Gasteiger partial charge in [0.25, 0.3) is 0 Å². The van der Waals surface area contributed by atoms with Gasteiger partial charge in [-0.05, 0) is 25.7 Å². The molecule has 0 aromatic rings. The van der Waals surface area contributed by atoms with Gasteiger partial charge in [-0.3, -0.25) is 37.3 Å². The standard InChI is InChI=1S/C76H148O17P2/c1-5-9-13-17-21-25-29-33-35-37-39-43-47-51-55-59-63-76(81)93-72(67-87-74(79)61-57-53-49-45-42-38-36-34-30-26-22-18-14-10-6-2)69-91-95(84,85)89-65-70(77)64-88-94(82,83)90-68-71(92-75(80)62-58-54-50-46-41-32-28-24-20-16-12-8-4)66-86-73(78)60-56-52-48-44-40-31-27-23-19-15-11-7-3/h70-72,77H,5-69H2,1-4H3,(H,82,83)(H,84,85)/t70-,71+,72+/m0/s1. The maximum Gasteiger partial charge on any atom is 0.472 e. The molecule has 17 nitrogen and oxygen atoms in total. The number of rotatable bonds is 77. The highest BCUT2D eigenvalue weighted by molar-refractivity contribution is 7.47. The fraction of sp³-hybridized carbons (Fsp3) is 0.947. The number of hydrogen-bond donors (Lipinski definition) is 3. The maximum atomic E-state index is 13.1. The zero-order chi connectivity index (χ0) is 69.7. The highest BCUT2D eigenvalue weighted by atomic mass is 31.2. The van der Waals surface area contributed by atoms with E-state index in [0.717, 1.165) is 89.9 Å². The Morgan fingerprint density at radius 1 is 0.253 bits per heavy atom. The summed E-state index contributed by atoms with van der Waals surface area (Å²) < 4.78 is 68.6. The van der Waals surface area contributed by atoms with E-state index in [1.165, 1.54) is 238 Å². The molecule has 0 aliphatic carbocycles. The smallest absolute Gasteiger partial charge is 0.462 e. The van der Waals surface area contributed by atoms with Crippen LogP contribution < -0.4 is 0 Å². The average Bonchev–Trinajstić information content (AvgIpc) is 1.76. The molecule has 0 radical (unpaired) electrons. The van der Waals surface area contributed by atoms with Crippen LogP contribution in [-0.4, -0.2) is 96.7 Å². The van der Waals surface area contributed by atoms with Crippen molar-refractivity contribution >= 4 is 39.5 Å². The van der Waals surface area contributed by atoms with Crippen molar-refractivity contribution in [2.24, 2.45) is 0 Å². The Bertz CT molecular complexity index is 1810. The van der Waals surface area contributed by atoms with Gasteiger partial charge in [-0.1, -0.05) is 355 Å². The van der Waals surface area contributed by atoms with Gasteiger partial charge in [-0.2, -0.15) is 0 Å². The van der Waals surface area contributed by atoms with E-state index < -0.39 is 97.5 Å². The summed E-state index contributed by atoms with van der Waals surface area (Å²) in [6.07, 6.45) is 60.8. The van der Waals surface area contributed by atoms with E-state index in [9.17, 15) is 43.2 Å². The van der Waals surface area contributed by atoms with Crippen molar-refractivity contribution in [3.8, 4) is 0 Å². The molecule has 0 aliphatic rings. The molecule has 0 rings (SSSR count). The van der Waals surface area contributed by atoms with Gasteiger partial charge in [-0.25, -0.2) is 9.13 Å². The second kappa shape index (κ2) is 70.5. The van der Waals surface area contributed by atoms with E-state index in [1.54, 1.807) is 0 Å². The first-order chi connectivity index (χ1) is 46.2. The number of carbonyl (C=O) groups excluding carboxylic acids is 4. The second-order valence-electron chi connectivity index (χ2n) is 27.4. The summed E-state index contributed by atoms with van der Waals surface area (Å²) in [6.45, 7) is 5.00. The first-order valence-corrected chi connectivity index (χ1v) is 42.8. The van der Waals surface area contributed by atoms with Crippen molar-refractivity contribution in [1.29, 1.82) is 0 Å². The van der Waals surface area contributed by atoms with Crippen LogP contribution in [0.3, 0.4) is 0 Å². The van der Waals surface area contributed by atoms with Gasteiger partial charge in [-0.15, -0.1) is 0 Å². The minimum Gasteiger partial charge on any atom is -0.462 e. The van der Waals surface area contributed by atoms with Crippen LogP contribution >= 0.6 is 15.6 Å². The first kappa shape index (κ1) is 93.1. The van der Waals surface area contributed by atoms with E-state index in [-0.39, 0.29) is 25.7 Å². The third-order valence-corrected chi connectivity index (χ3v) is 19.8. The molecule has 5 atom stereocenters. The number of hydrogen-bond acceptors (Lipinski definition) is 15. The summed E-state index contributed by atoms with van der Waals surface area (Å²) in [5.74, 6) is -2.11. The Labute approximate surface area is 581 Å². The molecule has 0 fully saturated rings. The zero-order valence-corrected chi connectivity index (χ0v) is 63.4. The number of aliphatic hydroxyl groups is 1. The lowest BCUT2D eigenvalue weighted by Crippen LogP contribution is -2.30. The highest BCUT2D eigenvalue weighted by Gasteiger charge is 2.30. The molecule has 0 heterocycles. The molecule has 0 spiro atoms. The summed E-state index contributed by atoms with van der Waals surface area (Å²) in [5.41, 5.74) is 0. The number of phosphoric ester groups is 2. The van der Waals surface area contributed by atoms with Gasteiger partial charge in [0, 0.05) is 25.7 Å². The lowest BCUT2D eigenvalue weighted by Gasteiger charge is -2.21. The summed E-state index contributed by atoms with van der Waals surface area (Å²) in [4.78, 5) is 72.8. The monoisotopic (exact) mass is 1400 g/mol. The predicted molar refractivity (Wildman–Crippen MR) is 386 cm³/mol. The number of esters is 4. The second-order valence-corrected chi connectivity index (χ2v) is 30.3. The van der Waals surface area contributed by atoms with E-state index >= 15 is 0 Å². The van der Waals surface area contributed by atoms with Crippen LogP contribution in [0, 0.1) is 0 Å². The number of ether oxygens (including phenoxy) is 4. The van der Waals surface area contributed by atoms with Crippen molar-refractivity contribution in [2.45, 2.75) is 425 Å². The predicted octanol–water partition coefficient (Wildman–Crippen LogP) is 22.6. The van der Waals surface area contributed by atoms with Crippen LogP contribution in [0.4, 0.5) is 0 Å². The third kappa shape index (κ3) is 70.3. The molecule has 0 aromatic carbocycles. The molecule has 3 N–H and O–H groups in total. The minimum atomic E-state index is -4.96. The van der Waals surface area contributed by atoms with Crippen LogP contribution in [0.1, 0.15) is 407 Å². The Morgan fingerprint density at radius 3 is 0.621 bits per heavy atom. The summed E-state index contributed by atoms with van der Waals surface area (Å²) in [7, 11) is -9.91. The van der Waals surface area contributed by atoms with Crippen LogP contribution in [0.15, 0.2) is 0 Å². The molecule has 0 aromatic heterocycles. The van der Waals surface area contributed by atoms with Crippen LogP contribution in [0.5, 0.6) is 0 Å². The maximum absolute atomic E-state index is 13.1. The molecule has 0 saturated carbocycles. The van der Waals surface area contributed by atoms with Gasteiger partial charge >= 0.3 is 39.5 Å². The lowest BCUT2D eigenvalue weighted by atomic mass is 10.0. The lowest BCUT2D eigenvalue weighted by molar-refractivity contribution is -0.161. The van der Waals surface area contributed by atoms with Crippen LogP contribution in [-0.2, 0) is 65.4 Å². The number of unbranched alkanes of at least 4 members (excludes halogenated alkanes) is 51. The Hall–Kier alpha value is -1.94. The summed E-state index contributed by atoms with van der Waals surface area (Å²) in [5, 5.41) is 10.6. The molecule has 0 aliphatic heterocycles. The number of phosphoric acid groups is 2. The van der Waals surface area contributed by atoms with Gasteiger partial charge in [0.1, 0.15) is 19.3 Å². The number of aliphatic hydroxyl groups excluding tert-OH is 1. The normalized spacial score (nSPS) is 13.9. The van der Waals surface area contributed by atoms with Gasteiger partial charge < -0.3 is 33.8 Å². The van der Waals surface area contributed by atoms with E-state index in [0.29, 0.717) is 25.7 Å². The Kier molecular flexibility index (Phi) is 69.1. The van der Waals surface area contributed by atoms with E-state index in [1.807, 2.05) is 0 Å². The molecule has 2 unspecified atom stereocenters. The fourth-order valence-corrected chi connectivity index (χ4v) is 13.3. The molecular formula is C76H148O17P2. The van der Waals surface area contributed by atoms with E-state index in [4.69, 9.17) is 37.0 Å². The largest absolute Gasteiger partial charge is 0.472 e. The van der Waals surface area contributed by atoms with Crippen molar-refractivity contribution in [1.82, 2.24) is 0 Å². The third-order valence-electron chi connectivity index (χ3n) is 17.9. The van der Waals surface area contributed by atoms with Crippen LogP contribution in [0.25, 0.3) is 0 Å². The van der Waals surface area contributed by atoms with Crippen molar-refractivity contribution in [3.63, 3.8) is 0 Å². The SMILES string of the molecule is CCCCCCCCCCCCCCCCCCC(=O)O[C@H](COC(=O)CCCCCCCCCCCCCCCCC)COP(=O)(O)OC[C@@H](O)COP(=O)(O)OC[C@@H](COC(=O)CCCCCCCCCCCCCC)OC(=O)CCCCCCCCCCCCCC. The Balaban J connectivity index is 5.25. The number of carbonyl (C=O) groups is 4. The molecule has 0 amide bonds. The van der Waals surface area contributed by atoms with E-state index in [2.05, 4.69) is 27.7 Å². The topological polar surface area (TPSA) is 237 Å². The van der Waals surface area contributed by atoms with Crippen molar-refractivity contribution < 1.29 is 80.2 Å². The fourth-order valence-electron chi connectivity index (χ4n) is 11.8. The molecule has 19 heteroatoms. The van der Waals surface area contributed by atoms with Gasteiger partial charge in [0.05, 0.1) is 26.4 Å². The summed E-state index contributed by atoms with van der Waals surface area (Å²) in [6, 6.07) is 0. The minimum absolute atomic E-state index is 0.108. The molecule has 0 saturated heterocycles. The van der Waals surface area contributed by atoms with Crippen molar-refractivity contribution in [3.05, 3.63) is 0 Å². The Morgan fingerprint density at radius 2 is 0.421 bits per heavy atom. The zero-order valence-electron chi connectivity index (χ0n) is 61.6. The van der Waals surface area contributed by atoms with Crippen molar-refractivity contribution in [2.75, 3.05) is 39.6 Å². The first-order valence-electron chi connectivity index (χ1n) is 39.8. The molecule has 95 heavy (non-hydrogen) atoms. The highest BCUT2D eigenvalue weighted by Crippen LogP contribution is 2.45. The molecular weight excluding hydrogens is 1250 g/mol. The van der Waals surface area contributed by atoms with Gasteiger partial charge in [0.15, 0.2) is 12.2 Å². The average molecular weight is 1400 g/mol. The summed E-state index contributed by atoms with van der Waals surface area (Å²) >= 11 is 0. The quantitative estimate of drug-likeness (QED) is 0.0222. The van der Waals surface area contributed by atoms with Gasteiger partial charge in [0.2, 0.25) is 0 Å².